The van der Waals surface area contributed by atoms with Gasteiger partial charge in [-0.1, -0.05) is 0 Å². The molecule has 1 aliphatic rings. The van der Waals surface area contributed by atoms with Crippen LogP contribution in [0.1, 0.15) is 33.5 Å². The highest BCUT2D eigenvalue weighted by Gasteiger charge is 2.37. The minimum absolute atomic E-state index is 0.122. The number of ether oxygens (including phenoxy) is 1. The molecule has 0 bridgehead atoms. The number of nitrogens with zero attached hydrogens (tertiary/aromatic N) is 8. The average molecular weight is 494 g/mol. The van der Waals surface area contributed by atoms with Gasteiger partial charge < -0.3 is 14.6 Å². The first-order valence-corrected chi connectivity index (χ1v) is 11.9. The van der Waals surface area contributed by atoms with Gasteiger partial charge >= 0.3 is 0 Å². The molecule has 0 spiro atoms. The number of aromatic nitrogens is 8. The molecule has 0 radical (unpaired) electrons. The fourth-order valence-electron chi connectivity index (χ4n) is 5.13. The van der Waals surface area contributed by atoms with Crippen molar-refractivity contribution in [3.8, 4) is 17.0 Å². The topological polar surface area (TPSA) is 111 Å². The maximum Gasteiger partial charge on any atom is 0.258 e. The number of nitrogens with one attached hydrogen (secondary N) is 1. The lowest BCUT2D eigenvalue weighted by Gasteiger charge is -2.33. The van der Waals surface area contributed by atoms with Crippen LogP contribution >= 0.6 is 0 Å². The summed E-state index contributed by atoms with van der Waals surface area (Å²) in [6.07, 6.45) is 9.64. The molecule has 7 rings (SSSR count). The average Bonchev–Trinajstić information content (AvgIpc) is 3.72. The fourth-order valence-corrected chi connectivity index (χ4v) is 5.13. The lowest BCUT2D eigenvalue weighted by molar-refractivity contribution is 0.0689. The Hall–Kier alpha value is -4.93. The van der Waals surface area contributed by atoms with Crippen molar-refractivity contribution in [2.24, 2.45) is 7.05 Å². The van der Waals surface area contributed by atoms with E-state index in [4.69, 9.17) is 9.84 Å². The van der Waals surface area contributed by atoms with Crippen LogP contribution in [0.4, 0.5) is 0 Å². The fraction of sp³-hybridized carbons (Fsp3) is 0.192. The van der Waals surface area contributed by atoms with E-state index >= 15 is 0 Å². The molecule has 0 fully saturated rings. The van der Waals surface area contributed by atoms with Gasteiger partial charge in [0.05, 0.1) is 47.8 Å². The Bertz CT molecular complexity index is 1790. The first-order chi connectivity index (χ1) is 18.1. The molecule has 1 aliphatic heterocycles. The summed E-state index contributed by atoms with van der Waals surface area (Å²) in [4.78, 5) is 23.7. The molecule has 6 aromatic rings. The summed E-state index contributed by atoms with van der Waals surface area (Å²) in [7, 11) is 3.51. The third-order valence-electron chi connectivity index (χ3n) is 6.92. The van der Waals surface area contributed by atoms with Gasteiger partial charge in [-0.05, 0) is 36.4 Å². The monoisotopic (exact) mass is 493 g/mol. The molecule has 7 heterocycles. The standard InChI is InChI=1S/C26H23N9O2/c1-32-10-7-18(30-32)16-5-6-21-17(13-29-35(21)14-16)26(36)33-11-8-19-24(28-15-27-19)25(33)20-12-22-23(37-2)4-3-9-34(22)31-20/h3-7,9-10,12-15,25H,8,11H2,1-2H3,(H,27,28)/t25-/m0/s1. The van der Waals surface area contributed by atoms with Crippen molar-refractivity contribution in [3.05, 3.63) is 90.2 Å². The van der Waals surface area contributed by atoms with Crippen molar-refractivity contribution >= 4 is 16.9 Å². The Balaban J connectivity index is 1.30. The summed E-state index contributed by atoms with van der Waals surface area (Å²) in [6.45, 7) is 0.521. The van der Waals surface area contributed by atoms with Gasteiger partial charge in [0, 0.05) is 49.9 Å². The number of fused-ring (bicyclic) bond motifs is 3. The number of hydrogen-bond acceptors (Lipinski definition) is 6. The van der Waals surface area contributed by atoms with E-state index in [1.807, 2.05) is 66.9 Å². The normalized spacial score (nSPS) is 15.4. The van der Waals surface area contributed by atoms with Crippen LogP contribution in [0.2, 0.25) is 0 Å². The van der Waals surface area contributed by atoms with Crippen LogP contribution in [-0.4, -0.2) is 63.4 Å². The SMILES string of the molecule is COc1cccn2nc([C@H]3c4nc[nH]c4CCN3C(=O)c3cnn4cc(-c5ccn(C)n5)ccc34)cc12. The van der Waals surface area contributed by atoms with Crippen molar-refractivity contribution in [3.63, 3.8) is 0 Å². The molecule has 1 N–H and O–H groups in total. The summed E-state index contributed by atoms with van der Waals surface area (Å²) in [5.74, 6) is 0.590. The number of hydrogen-bond donors (Lipinski definition) is 1. The molecule has 1 atom stereocenters. The Morgan fingerprint density at radius 2 is 2.03 bits per heavy atom. The van der Waals surface area contributed by atoms with Crippen molar-refractivity contribution in [2.75, 3.05) is 13.7 Å². The van der Waals surface area contributed by atoms with Crippen LogP contribution in [0.25, 0.3) is 22.3 Å². The zero-order valence-electron chi connectivity index (χ0n) is 20.2. The molecule has 0 saturated heterocycles. The molecular formula is C26H23N9O2. The van der Waals surface area contributed by atoms with E-state index in [1.165, 1.54) is 0 Å². The van der Waals surface area contributed by atoms with Crippen LogP contribution in [-0.2, 0) is 13.5 Å². The predicted octanol–water partition coefficient (Wildman–Crippen LogP) is 2.90. The first-order valence-electron chi connectivity index (χ1n) is 11.9. The summed E-state index contributed by atoms with van der Waals surface area (Å²) >= 11 is 0. The van der Waals surface area contributed by atoms with Crippen LogP contribution in [0.5, 0.6) is 5.75 Å². The number of methoxy groups -OCH3 is 1. The van der Waals surface area contributed by atoms with Crippen LogP contribution in [0.3, 0.4) is 0 Å². The summed E-state index contributed by atoms with van der Waals surface area (Å²) in [5.41, 5.74) is 6.38. The Labute approximate surface area is 210 Å². The second-order valence-corrected chi connectivity index (χ2v) is 9.07. The van der Waals surface area contributed by atoms with Gasteiger partial charge in [0.25, 0.3) is 5.91 Å². The highest BCUT2D eigenvalue weighted by atomic mass is 16.5. The van der Waals surface area contributed by atoms with E-state index in [-0.39, 0.29) is 5.91 Å². The number of imidazole rings is 1. The van der Waals surface area contributed by atoms with Gasteiger partial charge in [-0.15, -0.1) is 0 Å². The minimum Gasteiger partial charge on any atom is -0.494 e. The Morgan fingerprint density at radius 3 is 2.86 bits per heavy atom. The highest BCUT2D eigenvalue weighted by Crippen LogP contribution is 2.36. The smallest absolute Gasteiger partial charge is 0.258 e. The number of pyridine rings is 2. The van der Waals surface area contributed by atoms with Gasteiger partial charge in [-0.25, -0.2) is 14.0 Å². The molecule has 11 heteroatoms. The molecule has 0 aliphatic carbocycles. The molecule has 0 saturated carbocycles. The third-order valence-corrected chi connectivity index (χ3v) is 6.92. The van der Waals surface area contributed by atoms with Crippen LogP contribution in [0.15, 0.2) is 67.5 Å². The largest absolute Gasteiger partial charge is 0.494 e. The summed E-state index contributed by atoms with van der Waals surface area (Å²) in [5, 5.41) is 13.8. The lowest BCUT2D eigenvalue weighted by Crippen LogP contribution is -2.41. The lowest BCUT2D eigenvalue weighted by atomic mass is 9.98. The van der Waals surface area contributed by atoms with Crippen LogP contribution in [0, 0.1) is 0 Å². The number of carbonyl (C=O) groups excluding carboxylic acids is 1. The van der Waals surface area contributed by atoms with E-state index in [0.717, 1.165) is 39.4 Å². The van der Waals surface area contributed by atoms with Crippen molar-refractivity contribution in [1.29, 1.82) is 0 Å². The maximum absolute atomic E-state index is 14.0. The van der Waals surface area contributed by atoms with Crippen molar-refractivity contribution in [2.45, 2.75) is 12.5 Å². The number of H-pyrrole nitrogens is 1. The maximum atomic E-state index is 14.0. The van der Waals surface area contributed by atoms with Gasteiger partial charge in [-0.3, -0.25) is 9.48 Å². The molecule has 0 aromatic carbocycles. The minimum atomic E-state index is -0.449. The molecule has 1 amide bonds. The van der Waals surface area contributed by atoms with Gasteiger partial charge in [0.2, 0.25) is 0 Å². The first kappa shape index (κ1) is 21.4. The Morgan fingerprint density at radius 1 is 1.11 bits per heavy atom. The molecule has 11 nitrogen and oxygen atoms in total. The van der Waals surface area contributed by atoms with E-state index < -0.39 is 6.04 Å². The number of aromatic amines is 1. The van der Waals surface area contributed by atoms with E-state index in [1.54, 1.807) is 33.3 Å². The molecule has 0 unspecified atom stereocenters. The second kappa shape index (κ2) is 8.05. The molecule has 184 valence electrons. The Kier molecular flexibility index (Phi) is 4.65. The number of amides is 1. The van der Waals surface area contributed by atoms with E-state index in [9.17, 15) is 4.79 Å². The van der Waals surface area contributed by atoms with Gasteiger partial charge in [0.1, 0.15) is 17.3 Å². The molecule has 6 aromatic heterocycles. The van der Waals surface area contributed by atoms with Crippen molar-refractivity contribution < 1.29 is 9.53 Å². The summed E-state index contributed by atoms with van der Waals surface area (Å²) < 4.78 is 10.8. The number of carbonyl (C=O) groups is 1. The van der Waals surface area contributed by atoms with E-state index in [2.05, 4.69) is 20.2 Å². The van der Waals surface area contributed by atoms with Gasteiger partial charge in [0.15, 0.2) is 0 Å². The third kappa shape index (κ3) is 3.31. The molecule has 37 heavy (non-hydrogen) atoms. The second-order valence-electron chi connectivity index (χ2n) is 9.07. The number of aryl methyl sites for hydroxylation is 1. The quantitative estimate of drug-likeness (QED) is 0.404. The molecular weight excluding hydrogens is 470 g/mol. The van der Waals surface area contributed by atoms with Gasteiger partial charge in [-0.2, -0.15) is 15.3 Å². The predicted molar refractivity (Wildman–Crippen MR) is 134 cm³/mol. The van der Waals surface area contributed by atoms with E-state index in [0.29, 0.717) is 24.3 Å². The van der Waals surface area contributed by atoms with Crippen LogP contribution < -0.4 is 4.74 Å². The summed E-state index contributed by atoms with van der Waals surface area (Å²) in [6, 6.07) is 11.1. The number of rotatable bonds is 4. The van der Waals surface area contributed by atoms with Crippen molar-refractivity contribution in [1.82, 2.24) is 43.9 Å². The zero-order valence-corrected chi connectivity index (χ0v) is 20.2. The highest BCUT2D eigenvalue weighted by molar-refractivity contribution is 6.01. The zero-order chi connectivity index (χ0) is 25.1.